The molecule has 0 radical (unpaired) electrons. The van der Waals surface area contributed by atoms with Crippen LogP contribution in [0.2, 0.25) is 0 Å². The first-order valence-corrected chi connectivity index (χ1v) is 10.8. The standard InChI is InChI=1S/C22H21F6N7O/c1-12-7-21(24,25)11-35(16(12)9-32-17-6-15(23)14(8-31-17)22(26,27)28)20(36)18-13(10-34(2)33-18)19-29-4-3-5-30-19/h3-6,8,10,12,16H,7,9,11H2,1-2H3,(H,31,32)/t12-,16?/m1/s1. The topological polar surface area (TPSA) is 88.8 Å². The number of pyridine rings is 1. The second-order valence-corrected chi connectivity index (χ2v) is 8.60. The van der Waals surface area contributed by atoms with E-state index in [1.807, 2.05) is 0 Å². The molecule has 4 rings (SSSR count). The van der Waals surface area contributed by atoms with Gasteiger partial charge in [0, 0.05) is 50.9 Å². The van der Waals surface area contributed by atoms with Gasteiger partial charge < -0.3 is 10.2 Å². The van der Waals surface area contributed by atoms with E-state index in [0.717, 1.165) is 4.90 Å². The Morgan fingerprint density at radius 1 is 1.22 bits per heavy atom. The molecule has 0 spiro atoms. The summed E-state index contributed by atoms with van der Waals surface area (Å²) >= 11 is 0. The number of likely N-dealkylation sites (tertiary alicyclic amines) is 1. The molecule has 0 saturated carbocycles. The molecule has 3 aromatic heterocycles. The molecule has 8 nitrogen and oxygen atoms in total. The van der Waals surface area contributed by atoms with E-state index < -0.39 is 54.3 Å². The second kappa shape index (κ2) is 9.39. The lowest BCUT2D eigenvalue weighted by molar-refractivity contribution is -0.140. The van der Waals surface area contributed by atoms with E-state index in [9.17, 15) is 31.1 Å². The molecule has 1 aliphatic heterocycles. The maximum absolute atomic E-state index is 14.5. The number of alkyl halides is 5. The van der Waals surface area contributed by atoms with E-state index >= 15 is 0 Å². The Hall–Kier alpha value is -3.71. The van der Waals surface area contributed by atoms with Gasteiger partial charge in [-0.15, -0.1) is 0 Å². The third-order valence-corrected chi connectivity index (χ3v) is 5.83. The number of piperidine rings is 1. The number of anilines is 1. The highest BCUT2D eigenvalue weighted by Crippen LogP contribution is 2.36. The Morgan fingerprint density at radius 3 is 2.56 bits per heavy atom. The maximum atomic E-state index is 14.5. The van der Waals surface area contributed by atoms with Crippen molar-refractivity contribution < 1.29 is 31.1 Å². The van der Waals surface area contributed by atoms with Gasteiger partial charge in [-0.25, -0.2) is 28.1 Å². The summed E-state index contributed by atoms with van der Waals surface area (Å²) in [6.45, 7) is 0.466. The number of carbonyl (C=O) groups is 1. The number of carbonyl (C=O) groups excluding carboxylic acids is 1. The van der Waals surface area contributed by atoms with Crippen LogP contribution in [0.15, 0.2) is 36.9 Å². The van der Waals surface area contributed by atoms with Crippen molar-refractivity contribution in [3.63, 3.8) is 0 Å². The Morgan fingerprint density at radius 2 is 1.92 bits per heavy atom. The minimum absolute atomic E-state index is 0.128. The smallest absolute Gasteiger partial charge is 0.368 e. The molecule has 1 amide bonds. The molecule has 1 saturated heterocycles. The Balaban J connectivity index is 1.61. The van der Waals surface area contributed by atoms with Crippen LogP contribution in [0, 0.1) is 11.7 Å². The van der Waals surface area contributed by atoms with Gasteiger partial charge >= 0.3 is 6.18 Å². The van der Waals surface area contributed by atoms with Crippen LogP contribution in [0.25, 0.3) is 11.4 Å². The molecule has 1 aliphatic rings. The van der Waals surface area contributed by atoms with Gasteiger partial charge in [-0.1, -0.05) is 6.92 Å². The minimum atomic E-state index is -4.91. The molecular weight excluding hydrogens is 492 g/mol. The van der Waals surface area contributed by atoms with Crippen molar-refractivity contribution in [3.8, 4) is 11.4 Å². The summed E-state index contributed by atoms with van der Waals surface area (Å²) in [5, 5.41) is 6.82. The normalized spacial score (nSPS) is 19.8. The van der Waals surface area contributed by atoms with E-state index in [2.05, 4.69) is 25.4 Å². The zero-order valence-electron chi connectivity index (χ0n) is 19.1. The van der Waals surface area contributed by atoms with E-state index in [0.29, 0.717) is 12.3 Å². The van der Waals surface area contributed by atoms with Crippen LogP contribution >= 0.6 is 0 Å². The van der Waals surface area contributed by atoms with Gasteiger partial charge in [-0.3, -0.25) is 9.48 Å². The molecule has 14 heteroatoms. The molecule has 4 heterocycles. The quantitative estimate of drug-likeness (QED) is 0.519. The van der Waals surface area contributed by atoms with Gasteiger partial charge in [0.1, 0.15) is 17.2 Å². The third-order valence-electron chi connectivity index (χ3n) is 5.83. The van der Waals surface area contributed by atoms with Crippen LogP contribution in [0.5, 0.6) is 0 Å². The molecule has 36 heavy (non-hydrogen) atoms. The molecule has 1 fully saturated rings. The first kappa shape index (κ1) is 25.4. The number of rotatable bonds is 5. The number of nitrogens with one attached hydrogen (secondary N) is 1. The number of aromatic nitrogens is 5. The summed E-state index contributed by atoms with van der Waals surface area (Å²) in [5.74, 6) is -6.26. The Bertz CT molecular complexity index is 1250. The lowest BCUT2D eigenvalue weighted by Gasteiger charge is -2.43. The summed E-state index contributed by atoms with van der Waals surface area (Å²) < 4.78 is 82.7. The summed E-state index contributed by atoms with van der Waals surface area (Å²) in [5.41, 5.74) is -1.40. The predicted octanol–water partition coefficient (Wildman–Crippen LogP) is 4.03. The van der Waals surface area contributed by atoms with Crippen molar-refractivity contribution in [2.75, 3.05) is 18.4 Å². The van der Waals surface area contributed by atoms with Crippen LogP contribution in [-0.2, 0) is 13.2 Å². The monoisotopic (exact) mass is 513 g/mol. The van der Waals surface area contributed by atoms with Crippen molar-refractivity contribution in [1.82, 2.24) is 29.6 Å². The molecule has 3 aromatic rings. The van der Waals surface area contributed by atoms with Crippen LogP contribution < -0.4 is 5.32 Å². The van der Waals surface area contributed by atoms with Crippen molar-refractivity contribution in [3.05, 3.63) is 54.0 Å². The van der Waals surface area contributed by atoms with Gasteiger partial charge in [-0.2, -0.15) is 18.3 Å². The molecule has 1 unspecified atom stereocenters. The lowest BCUT2D eigenvalue weighted by Crippen LogP contribution is -2.57. The fourth-order valence-electron chi connectivity index (χ4n) is 4.21. The number of hydrogen-bond donors (Lipinski definition) is 1. The molecule has 0 aliphatic carbocycles. The molecule has 2 atom stereocenters. The van der Waals surface area contributed by atoms with E-state index in [1.54, 1.807) is 13.1 Å². The van der Waals surface area contributed by atoms with Crippen molar-refractivity contribution in [2.24, 2.45) is 13.0 Å². The highest BCUT2D eigenvalue weighted by Gasteiger charge is 2.47. The minimum Gasteiger partial charge on any atom is -0.368 e. The average Bonchev–Trinajstić information content (AvgIpc) is 3.18. The Kier molecular flexibility index (Phi) is 6.62. The molecule has 0 aromatic carbocycles. The first-order valence-electron chi connectivity index (χ1n) is 10.8. The number of hydrogen-bond acceptors (Lipinski definition) is 6. The highest BCUT2D eigenvalue weighted by atomic mass is 19.4. The van der Waals surface area contributed by atoms with Crippen molar-refractivity contribution >= 4 is 11.7 Å². The van der Waals surface area contributed by atoms with E-state index in [4.69, 9.17) is 0 Å². The summed E-state index contributed by atoms with van der Waals surface area (Å²) in [4.78, 5) is 26.3. The first-order chi connectivity index (χ1) is 16.9. The van der Waals surface area contributed by atoms with Gasteiger partial charge in [0.25, 0.3) is 11.8 Å². The Labute approximate surface area is 201 Å². The zero-order valence-corrected chi connectivity index (χ0v) is 19.1. The van der Waals surface area contributed by atoms with E-state index in [1.165, 1.54) is 30.2 Å². The van der Waals surface area contributed by atoms with Gasteiger partial charge in [0.05, 0.1) is 18.2 Å². The van der Waals surface area contributed by atoms with Gasteiger partial charge in [-0.05, 0) is 12.0 Å². The van der Waals surface area contributed by atoms with Crippen molar-refractivity contribution in [1.29, 1.82) is 0 Å². The largest absolute Gasteiger partial charge is 0.420 e. The number of halogens is 6. The number of nitrogens with zero attached hydrogens (tertiary/aromatic N) is 6. The molecule has 1 N–H and O–H groups in total. The average molecular weight is 513 g/mol. The maximum Gasteiger partial charge on any atom is 0.420 e. The second-order valence-electron chi connectivity index (χ2n) is 8.60. The molecular formula is C22H21F6N7O. The highest BCUT2D eigenvalue weighted by molar-refractivity contribution is 5.98. The fraction of sp³-hybridized carbons (Fsp3) is 0.409. The van der Waals surface area contributed by atoms with Crippen LogP contribution in [0.4, 0.5) is 32.2 Å². The predicted molar refractivity (Wildman–Crippen MR) is 115 cm³/mol. The summed E-state index contributed by atoms with van der Waals surface area (Å²) in [6, 6.07) is 1.32. The van der Waals surface area contributed by atoms with E-state index in [-0.39, 0.29) is 29.4 Å². The SMILES string of the molecule is C[C@@H]1CC(F)(F)CN(C(=O)c2nn(C)cc2-c2ncccn2)C1CNc1cc(F)c(C(F)(F)F)cn1. The van der Waals surface area contributed by atoms with Crippen LogP contribution in [-0.4, -0.2) is 60.6 Å². The summed E-state index contributed by atoms with van der Waals surface area (Å²) in [6.07, 6.45) is -0.664. The number of aryl methyl sites for hydroxylation is 1. The van der Waals surface area contributed by atoms with Gasteiger partial charge in [0.2, 0.25) is 0 Å². The molecule has 0 bridgehead atoms. The zero-order chi connectivity index (χ0) is 26.3. The summed E-state index contributed by atoms with van der Waals surface area (Å²) in [7, 11) is 1.56. The van der Waals surface area contributed by atoms with Crippen molar-refractivity contribution in [2.45, 2.75) is 31.5 Å². The van der Waals surface area contributed by atoms with Gasteiger partial charge in [0.15, 0.2) is 11.5 Å². The third kappa shape index (κ3) is 5.26. The van der Waals surface area contributed by atoms with Crippen LogP contribution in [0.1, 0.15) is 29.4 Å². The molecule has 192 valence electrons. The lowest BCUT2D eigenvalue weighted by atomic mass is 9.88. The fourth-order valence-corrected chi connectivity index (χ4v) is 4.21. The number of amides is 1. The van der Waals surface area contributed by atoms with Crippen LogP contribution in [0.3, 0.4) is 0 Å².